The Morgan fingerprint density at radius 3 is 2.79 bits per heavy atom. The number of benzene rings is 1. The second kappa shape index (κ2) is 7.34. The molecule has 0 heterocycles. The van der Waals surface area contributed by atoms with E-state index in [1.54, 1.807) is 18.2 Å². The van der Waals surface area contributed by atoms with Crippen LogP contribution in [0.15, 0.2) is 30.9 Å². The van der Waals surface area contributed by atoms with Crippen molar-refractivity contribution in [3.63, 3.8) is 0 Å². The van der Waals surface area contributed by atoms with E-state index in [1.165, 1.54) is 6.07 Å². The first-order chi connectivity index (χ1) is 9.08. The lowest BCUT2D eigenvalue weighted by Gasteiger charge is -2.11. The Morgan fingerprint density at radius 1 is 1.47 bits per heavy atom. The molecule has 4 N–H and O–H groups in total. The molecule has 0 fully saturated rings. The van der Waals surface area contributed by atoms with Crippen molar-refractivity contribution in [2.75, 3.05) is 30.3 Å². The number of nitro benzene ring substituents is 1. The summed E-state index contributed by atoms with van der Waals surface area (Å²) in [5.74, 6) is 0. The summed E-state index contributed by atoms with van der Waals surface area (Å²) in [5, 5.41) is 34.5. The highest BCUT2D eigenvalue weighted by molar-refractivity contribution is 5.68. The van der Waals surface area contributed by atoms with Gasteiger partial charge in [0.15, 0.2) is 0 Å². The molecule has 0 saturated heterocycles. The second-order valence-electron chi connectivity index (χ2n) is 3.88. The van der Waals surface area contributed by atoms with Crippen LogP contribution in [0.2, 0.25) is 0 Å². The molecule has 19 heavy (non-hydrogen) atoms. The first kappa shape index (κ1) is 14.9. The number of anilines is 2. The summed E-state index contributed by atoms with van der Waals surface area (Å²) >= 11 is 0. The minimum Gasteiger partial charge on any atom is -0.394 e. The third-order valence-corrected chi connectivity index (χ3v) is 2.38. The van der Waals surface area contributed by atoms with E-state index >= 15 is 0 Å². The van der Waals surface area contributed by atoms with Crippen molar-refractivity contribution in [3.05, 3.63) is 41.0 Å². The Morgan fingerprint density at radius 2 is 2.21 bits per heavy atom. The minimum absolute atomic E-state index is 0.0645. The molecular weight excluding hydrogens is 250 g/mol. The Bertz CT molecular complexity index is 451. The summed E-state index contributed by atoms with van der Waals surface area (Å²) in [7, 11) is 0. The maximum Gasteiger partial charge on any atom is 0.294 e. The number of nitro groups is 1. The molecule has 0 aliphatic carbocycles. The van der Waals surface area contributed by atoms with Crippen molar-refractivity contribution in [1.82, 2.24) is 0 Å². The first-order valence-electron chi connectivity index (χ1n) is 5.74. The van der Waals surface area contributed by atoms with Crippen LogP contribution in [0.1, 0.15) is 0 Å². The molecule has 1 aromatic carbocycles. The molecule has 0 bridgehead atoms. The summed E-state index contributed by atoms with van der Waals surface area (Å²) < 4.78 is 0. The lowest BCUT2D eigenvalue weighted by molar-refractivity contribution is -0.383. The van der Waals surface area contributed by atoms with E-state index < -0.39 is 11.0 Å². The lowest BCUT2D eigenvalue weighted by atomic mass is 10.2. The van der Waals surface area contributed by atoms with E-state index in [-0.39, 0.29) is 18.8 Å². The summed E-state index contributed by atoms with van der Waals surface area (Å²) in [5.41, 5.74) is 0.840. The van der Waals surface area contributed by atoms with E-state index in [0.29, 0.717) is 17.9 Å². The summed E-state index contributed by atoms with van der Waals surface area (Å²) in [6, 6.07) is 4.60. The molecule has 7 heteroatoms. The Balaban J connectivity index is 2.83. The SMILES string of the molecule is C=CCNc1ccc(NCC(O)CO)cc1[N+](=O)[O-]. The number of rotatable bonds is 8. The summed E-state index contributed by atoms with van der Waals surface area (Å²) in [6.07, 6.45) is 0.700. The number of nitrogens with one attached hydrogen (secondary N) is 2. The molecular formula is C12H17N3O4. The van der Waals surface area contributed by atoms with E-state index in [9.17, 15) is 15.2 Å². The van der Waals surface area contributed by atoms with Gasteiger partial charge in [-0.1, -0.05) is 6.08 Å². The van der Waals surface area contributed by atoms with E-state index in [4.69, 9.17) is 5.11 Å². The fourth-order valence-corrected chi connectivity index (χ4v) is 1.42. The van der Waals surface area contributed by atoms with Gasteiger partial charge in [-0.25, -0.2) is 0 Å². The van der Waals surface area contributed by atoms with Crippen LogP contribution in [-0.2, 0) is 0 Å². The second-order valence-corrected chi connectivity index (χ2v) is 3.88. The van der Waals surface area contributed by atoms with Gasteiger partial charge < -0.3 is 20.8 Å². The summed E-state index contributed by atoms with van der Waals surface area (Å²) in [6.45, 7) is 3.71. The number of aliphatic hydroxyl groups excluding tert-OH is 2. The largest absolute Gasteiger partial charge is 0.394 e. The normalized spacial score (nSPS) is 11.7. The maximum absolute atomic E-state index is 11.0. The van der Waals surface area contributed by atoms with Crippen molar-refractivity contribution < 1.29 is 15.1 Å². The fourth-order valence-electron chi connectivity index (χ4n) is 1.42. The van der Waals surface area contributed by atoms with Crippen LogP contribution in [-0.4, -0.2) is 40.9 Å². The molecule has 0 aromatic heterocycles. The average Bonchev–Trinajstić information content (AvgIpc) is 2.42. The van der Waals surface area contributed by atoms with Gasteiger partial charge in [-0.3, -0.25) is 10.1 Å². The number of hydrogen-bond acceptors (Lipinski definition) is 6. The number of aliphatic hydroxyl groups is 2. The molecule has 1 rings (SSSR count). The zero-order chi connectivity index (χ0) is 14.3. The Kier molecular flexibility index (Phi) is 5.77. The molecule has 0 radical (unpaired) electrons. The molecule has 1 atom stereocenters. The van der Waals surface area contributed by atoms with Crippen LogP contribution in [0.4, 0.5) is 17.1 Å². The van der Waals surface area contributed by atoms with Gasteiger partial charge in [-0.2, -0.15) is 0 Å². The number of nitrogens with zero attached hydrogens (tertiary/aromatic N) is 1. The smallest absolute Gasteiger partial charge is 0.294 e. The average molecular weight is 267 g/mol. The first-order valence-corrected chi connectivity index (χ1v) is 5.74. The van der Waals surface area contributed by atoms with Crippen molar-refractivity contribution in [2.24, 2.45) is 0 Å². The van der Waals surface area contributed by atoms with Crippen LogP contribution in [0, 0.1) is 10.1 Å². The van der Waals surface area contributed by atoms with Gasteiger partial charge in [0.2, 0.25) is 0 Å². The topological polar surface area (TPSA) is 108 Å². The molecule has 104 valence electrons. The van der Waals surface area contributed by atoms with Crippen LogP contribution < -0.4 is 10.6 Å². The summed E-state index contributed by atoms with van der Waals surface area (Å²) in [4.78, 5) is 10.5. The Hall–Kier alpha value is -2.12. The molecule has 0 spiro atoms. The van der Waals surface area contributed by atoms with Crippen molar-refractivity contribution in [1.29, 1.82) is 0 Å². The quantitative estimate of drug-likeness (QED) is 0.317. The third-order valence-electron chi connectivity index (χ3n) is 2.38. The van der Waals surface area contributed by atoms with Crippen molar-refractivity contribution in [3.8, 4) is 0 Å². The van der Waals surface area contributed by atoms with Crippen LogP contribution in [0.25, 0.3) is 0 Å². The molecule has 0 aliphatic rings. The molecule has 1 unspecified atom stereocenters. The molecule has 0 saturated carbocycles. The molecule has 0 aliphatic heterocycles. The van der Waals surface area contributed by atoms with Gasteiger partial charge in [-0.15, -0.1) is 6.58 Å². The van der Waals surface area contributed by atoms with Crippen LogP contribution in [0.5, 0.6) is 0 Å². The van der Waals surface area contributed by atoms with E-state index in [1.807, 2.05) is 0 Å². The van der Waals surface area contributed by atoms with Gasteiger partial charge in [0.1, 0.15) is 5.69 Å². The highest BCUT2D eigenvalue weighted by Crippen LogP contribution is 2.27. The molecule has 1 aromatic rings. The zero-order valence-electron chi connectivity index (χ0n) is 10.4. The van der Waals surface area contributed by atoms with Crippen molar-refractivity contribution >= 4 is 17.1 Å². The number of hydrogen-bond donors (Lipinski definition) is 4. The maximum atomic E-state index is 11.0. The minimum atomic E-state index is -0.905. The van der Waals surface area contributed by atoms with Gasteiger partial charge in [0.05, 0.1) is 17.6 Å². The highest BCUT2D eigenvalue weighted by Gasteiger charge is 2.14. The monoisotopic (exact) mass is 267 g/mol. The Labute approximate surface area is 110 Å². The predicted octanol–water partition coefficient (Wildman–Crippen LogP) is 0.958. The zero-order valence-corrected chi connectivity index (χ0v) is 10.4. The lowest BCUT2D eigenvalue weighted by Crippen LogP contribution is -2.22. The van der Waals surface area contributed by atoms with Crippen LogP contribution >= 0.6 is 0 Å². The highest BCUT2D eigenvalue weighted by atomic mass is 16.6. The van der Waals surface area contributed by atoms with Gasteiger partial charge in [0, 0.05) is 24.8 Å². The van der Waals surface area contributed by atoms with E-state index in [0.717, 1.165) is 0 Å². The molecule has 0 amide bonds. The standard InChI is InChI=1S/C12H17N3O4/c1-2-5-13-11-4-3-9(6-12(11)15(18)19)14-7-10(17)8-16/h2-4,6,10,13-14,16-17H,1,5,7-8H2. The predicted molar refractivity (Wildman–Crippen MR) is 73.4 cm³/mol. The van der Waals surface area contributed by atoms with Gasteiger partial charge in [0.25, 0.3) is 5.69 Å². The van der Waals surface area contributed by atoms with E-state index in [2.05, 4.69) is 17.2 Å². The van der Waals surface area contributed by atoms with Crippen molar-refractivity contribution in [2.45, 2.75) is 6.10 Å². The van der Waals surface area contributed by atoms with Gasteiger partial charge >= 0.3 is 0 Å². The van der Waals surface area contributed by atoms with Crippen LogP contribution in [0.3, 0.4) is 0 Å². The van der Waals surface area contributed by atoms with Gasteiger partial charge in [-0.05, 0) is 12.1 Å². The molecule has 7 nitrogen and oxygen atoms in total. The fraction of sp³-hybridized carbons (Fsp3) is 0.333. The third kappa shape index (κ3) is 4.57.